The van der Waals surface area contributed by atoms with Gasteiger partial charge in [0.15, 0.2) is 9.84 Å². The molecule has 0 radical (unpaired) electrons. The maximum Gasteiger partial charge on any atom is 0.504 e. The molecule has 2 aromatic carbocycles. The number of alkyl halides is 3. The highest BCUT2D eigenvalue weighted by molar-refractivity contribution is 7.90. The van der Waals surface area contributed by atoms with Crippen LogP contribution in [-0.4, -0.2) is 24.5 Å². The third kappa shape index (κ3) is 3.62. The minimum absolute atomic E-state index is 0.00832. The molecule has 0 saturated carbocycles. The van der Waals surface area contributed by atoms with Crippen LogP contribution in [0.5, 0.6) is 0 Å². The molecule has 136 valence electrons. The Bertz CT molecular complexity index is 1040. The highest BCUT2D eigenvalue weighted by Gasteiger charge is 2.33. The highest BCUT2D eigenvalue weighted by Crippen LogP contribution is 2.34. The molecule has 0 unspecified atom stereocenters. The zero-order valence-electron chi connectivity index (χ0n) is 13.3. The molecule has 0 fully saturated rings. The van der Waals surface area contributed by atoms with E-state index >= 15 is 0 Å². The van der Waals surface area contributed by atoms with Gasteiger partial charge >= 0.3 is 6.30 Å². The van der Waals surface area contributed by atoms with Crippen molar-refractivity contribution in [3.05, 3.63) is 60.5 Å². The van der Waals surface area contributed by atoms with Gasteiger partial charge < -0.3 is 0 Å². The van der Waals surface area contributed by atoms with Crippen LogP contribution in [-0.2, 0) is 16.1 Å². The molecule has 0 aliphatic rings. The third-order valence-corrected chi connectivity index (χ3v) is 4.81. The first-order valence-corrected chi connectivity index (χ1v) is 9.18. The first-order chi connectivity index (χ1) is 12.1. The first kappa shape index (κ1) is 18.1. The van der Waals surface area contributed by atoms with Gasteiger partial charge in [0.05, 0.1) is 4.90 Å². The molecule has 0 saturated heterocycles. The normalized spacial score (nSPS) is 12.3. The summed E-state index contributed by atoms with van der Waals surface area (Å²) in [6, 6.07) is 10.3. The molecule has 4 nitrogen and oxygen atoms in total. The average Bonchev–Trinajstić information content (AvgIpc) is 3.00. The molecule has 3 rings (SSSR count). The second-order valence-electron chi connectivity index (χ2n) is 5.61. The highest BCUT2D eigenvalue weighted by atomic mass is 32.2. The zero-order valence-corrected chi connectivity index (χ0v) is 14.1. The van der Waals surface area contributed by atoms with Crippen molar-refractivity contribution >= 4 is 9.84 Å². The van der Waals surface area contributed by atoms with Crippen molar-refractivity contribution in [3.63, 3.8) is 0 Å². The molecule has 0 amide bonds. The van der Waals surface area contributed by atoms with Crippen LogP contribution in [0.15, 0.2) is 59.6 Å². The van der Waals surface area contributed by atoms with Gasteiger partial charge in [-0.05, 0) is 29.8 Å². The van der Waals surface area contributed by atoms with E-state index in [0.29, 0.717) is 11.1 Å². The number of sulfone groups is 1. The Labute approximate surface area is 146 Å². The number of nitrogens with zero attached hydrogens (tertiary/aromatic N) is 2. The monoisotopic (exact) mass is 384 g/mol. The molecule has 9 heteroatoms. The predicted molar refractivity (Wildman–Crippen MR) is 87.5 cm³/mol. The van der Waals surface area contributed by atoms with E-state index in [-0.39, 0.29) is 20.8 Å². The summed E-state index contributed by atoms with van der Waals surface area (Å²) in [7, 11) is -3.43. The van der Waals surface area contributed by atoms with Crippen molar-refractivity contribution in [2.24, 2.45) is 0 Å². The summed E-state index contributed by atoms with van der Waals surface area (Å²) in [6.45, 7) is 0. The van der Waals surface area contributed by atoms with Crippen molar-refractivity contribution in [2.45, 2.75) is 11.2 Å². The van der Waals surface area contributed by atoms with Crippen LogP contribution >= 0.6 is 0 Å². The third-order valence-electron chi connectivity index (χ3n) is 3.69. The molecular weight excluding hydrogens is 372 g/mol. The van der Waals surface area contributed by atoms with Gasteiger partial charge in [-0.3, -0.25) is 0 Å². The largest absolute Gasteiger partial charge is 0.504 e. The Hall–Kier alpha value is -2.68. The van der Waals surface area contributed by atoms with Crippen LogP contribution in [0.1, 0.15) is 0 Å². The fourth-order valence-corrected chi connectivity index (χ4v) is 3.05. The van der Waals surface area contributed by atoms with Gasteiger partial charge in [0.2, 0.25) is 0 Å². The number of hydrogen-bond acceptors (Lipinski definition) is 3. The fraction of sp³-hybridized carbons (Fsp3) is 0.118. The molecule has 0 aliphatic heterocycles. The van der Waals surface area contributed by atoms with Crippen LogP contribution in [0.25, 0.3) is 22.4 Å². The van der Waals surface area contributed by atoms with Crippen LogP contribution in [0, 0.1) is 5.82 Å². The smallest absolute Gasteiger partial charge is 0.224 e. The summed E-state index contributed by atoms with van der Waals surface area (Å²) >= 11 is 0. The Morgan fingerprint density at radius 2 is 1.46 bits per heavy atom. The van der Waals surface area contributed by atoms with Gasteiger partial charge in [-0.25, -0.2) is 12.8 Å². The predicted octanol–water partition coefficient (Wildman–Crippen LogP) is 4.24. The fourth-order valence-electron chi connectivity index (χ4n) is 2.42. The van der Waals surface area contributed by atoms with Gasteiger partial charge in [0, 0.05) is 23.6 Å². The van der Waals surface area contributed by atoms with E-state index in [9.17, 15) is 26.0 Å². The number of aromatic nitrogens is 2. The SMILES string of the molecule is CS(=O)(=O)c1ccc(-c2nn(C(F)(F)F)cc2-c2ccc(F)cc2)cc1. The minimum atomic E-state index is -4.72. The summed E-state index contributed by atoms with van der Waals surface area (Å²) in [6.07, 6.45) is -2.88. The second kappa shape index (κ2) is 6.24. The van der Waals surface area contributed by atoms with E-state index in [1.807, 2.05) is 0 Å². The van der Waals surface area contributed by atoms with Crippen LogP contribution < -0.4 is 0 Å². The van der Waals surface area contributed by atoms with Gasteiger partial charge in [-0.1, -0.05) is 24.3 Å². The van der Waals surface area contributed by atoms with Gasteiger partial charge in [0.25, 0.3) is 0 Å². The summed E-state index contributed by atoms with van der Waals surface area (Å²) in [5, 5.41) is 3.59. The number of hydrogen-bond donors (Lipinski definition) is 0. The molecule has 1 aromatic heterocycles. The Morgan fingerprint density at radius 3 is 1.96 bits per heavy atom. The molecule has 0 bridgehead atoms. The van der Waals surface area contributed by atoms with Gasteiger partial charge in [-0.2, -0.15) is 9.78 Å². The molecular formula is C17H12F4N2O2S. The Morgan fingerprint density at radius 1 is 0.923 bits per heavy atom. The quantitative estimate of drug-likeness (QED) is 0.635. The molecule has 0 atom stereocenters. The summed E-state index contributed by atoms with van der Waals surface area (Å²) in [5.41, 5.74) is 0.812. The number of halogens is 4. The van der Waals surface area contributed by atoms with Crippen molar-refractivity contribution < 1.29 is 26.0 Å². The molecule has 0 spiro atoms. The average molecular weight is 384 g/mol. The number of benzene rings is 2. The number of rotatable bonds is 3. The van der Waals surface area contributed by atoms with E-state index in [4.69, 9.17) is 0 Å². The topological polar surface area (TPSA) is 52.0 Å². The zero-order chi connectivity index (χ0) is 19.1. The standard InChI is InChI=1S/C17H12F4N2O2S/c1-26(24,25)14-8-4-12(5-9-14)16-15(10-23(22-16)17(19,20)21)11-2-6-13(18)7-3-11/h2-10H,1H3. The van der Waals surface area contributed by atoms with Gasteiger partial charge in [0.1, 0.15) is 11.5 Å². The first-order valence-electron chi connectivity index (χ1n) is 7.29. The van der Waals surface area contributed by atoms with Crippen LogP contribution in [0.3, 0.4) is 0 Å². The lowest BCUT2D eigenvalue weighted by Crippen LogP contribution is -2.17. The summed E-state index contributed by atoms with van der Waals surface area (Å²) < 4.78 is 75.2. The Kier molecular flexibility index (Phi) is 4.35. The molecule has 0 aliphatic carbocycles. The van der Waals surface area contributed by atoms with Crippen molar-refractivity contribution in [1.82, 2.24) is 9.78 Å². The maximum absolute atomic E-state index is 13.1. The van der Waals surface area contributed by atoms with E-state index in [1.54, 1.807) is 0 Å². The van der Waals surface area contributed by atoms with E-state index < -0.39 is 22.0 Å². The van der Waals surface area contributed by atoms with E-state index in [2.05, 4.69) is 5.10 Å². The van der Waals surface area contributed by atoms with E-state index in [1.165, 1.54) is 36.4 Å². The minimum Gasteiger partial charge on any atom is -0.224 e. The summed E-state index contributed by atoms with van der Waals surface area (Å²) in [4.78, 5) is 0.0415. The summed E-state index contributed by atoms with van der Waals surface area (Å²) in [5.74, 6) is -0.518. The lowest BCUT2D eigenvalue weighted by molar-refractivity contribution is -0.212. The molecule has 3 aromatic rings. The lowest BCUT2D eigenvalue weighted by Gasteiger charge is -2.05. The van der Waals surface area contributed by atoms with Crippen molar-refractivity contribution in [3.8, 4) is 22.4 Å². The van der Waals surface area contributed by atoms with Crippen molar-refractivity contribution in [1.29, 1.82) is 0 Å². The maximum atomic E-state index is 13.1. The van der Waals surface area contributed by atoms with Gasteiger partial charge in [-0.15, -0.1) is 13.2 Å². The molecule has 1 heterocycles. The van der Waals surface area contributed by atoms with Crippen molar-refractivity contribution in [2.75, 3.05) is 6.26 Å². The van der Waals surface area contributed by atoms with Crippen LogP contribution in [0.2, 0.25) is 0 Å². The Balaban J connectivity index is 2.16. The second-order valence-corrected chi connectivity index (χ2v) is 7.62. The lowest BCUT2D eigenvalue weighted by atomic mass is 10.0. The van der Waals surface area contributed by atoms with E-state index in [0.717, 1.165) is 24.6 Å². The molecule has 0 N–H and O–H groups in total. The van der Waals surface area contributed by atoms with Crippen LogP contribution in [0.4, 0.5) is 17.6 Å². The molecule has 26 heavy (non-hydrogen) atoms.